The van der Waals surface area contributed by atoms with Crippen LogP contribution in [0.5, 0.6) is 0 Å². The predicted octanol–water partition coefficient (Wildman–Crippen LogP) is 3.28. The molecule has 1 heteroatoms. The van der Waals surface area contributed by atoms with Crippen LogP contribution >= 0.6 is 0 Å². The van der Waals surface area contributed by atoms with E-state index in [1.165, 1.54) is 28.0 Å². The van der Waals surface area contributed by atoms with Crippen molar-refractivity contribution in [2.45, 2.75) is 16.8 Å². The zero-order valence-electron chi connectivity index (χ0n) is 9.39. The van der Waals surface area contributed by atoms with Crippen molar-refractivity contribution in [1.82, 2.24) is 0 Å². The van der Waals surface area contributed by atoms with Gasteiger partial charge in [0.2, 0.25) is 0 Å². The van der Waals surface area contributed by atoms with Gasteiger partial charge in [0.15, 0.2) is 0 Å². The van der Waals surface area contributed by atoms with Gasteiger partial charge in [0.1, 0.15) is 0 Å². The number of aryl methyl sites for hydroxylation is 1. The molecule has 0 amide bonds. The SMILES string of the molecule is c1ccc(CC[AsH]Cc2ccccc2)cc1. The fourth-order valence-electron chi connectivity index (χ4n) is 1.71. The number of benzene rings is 2. The molecule has 0 radical (unpaired) electrons. The van der Waals surface area contributed by atoms with Crippen molar-refractivity contribution in [2.24, 2.45) is 0 Å². The molecule has 0 saturated carbocycles. The van der Waals surface area contributed by atoms with Crippen LogP contribution in [-0.2, 0) is 11.6 Å². The van der Waals surface area contributed by atoms with E-state index in [1.807, 2.05) is 0 Å². The van der Waals surface area contributed by atoms with Crippen LogP contribution in [-0.4, -0.2) is 15.8 Å². The first-order chi connectivity index (χ1) is 7.95. The quantitative estimate of drug-likeness (QED) is 0.579. The second-order valence-corrected chi connectivity index (χ2v) is 6.74. The molecule has 1 atom stereocenters. The Morgan fingerprint density at radius 3 is 1.88 bits per heavy atom. The Morgan fingerprint density at radius 1 is 0.688 bits per heavy atom. The fraction of sp³-hybridized carbons (Fsp3) is 0.200. The Hall–Kier alpha value is -1.00. The summed E-state index contributed by atoms with van der Waals surface area (Å²) in [5.41, 5.74) is 3.00. The summed E-state index contributed by atoms with van der Waals surface area (Å²) in [6, 6.07) is 21.7. The molecule has 2 aromatic carbocycles. The van der Waals surface area contributed by atoms with Crippen LogP contribution in [0.3, 0.4) is 0 Å². The summed E-state index contributed by atoms with van der Waals surface area (Å²) in [6.07, 6.45) is 1.26. The van der Waals surface area contributed by atoms with E-state index in [9.17, 15) is 0 Å². The Kier molecular flexibility index (Phi) is 4.70. The van der Waals surface area contributed by atoms with Gasteiger partial charge in [-0.1, -0.05) is 0 Å². The number of rotatable bonds is 5. The summed E-state index contributed by atoms with van der Waals surface area (Å²) in [4.78, 5) is 0. The number of hydrogen-bond donors (Lipinski definition) is 0. The van der Waals surface area contributed by atoms with E-state index in [1.54, 1.807) is 0 Å². The molecule has 0 saturated heterocycles. The van der Waals surface area contributed by atoms with Crippen molar-refractivity contribution in [2.75, 3.05) is 0 Å². The summed E-state index contributed by atoms with van der Waals surface area (Å²) in [5, 5.41) is 2.73. The maximum atomic E-state index is 2.24. The topological polar surface area (TPSA) is 0 Å². The van der Waals surface area contributed by atoms with Gasteiger partial charge in [0.25, 0.3) is 0 Å². The Morgan fingerprint density at radius 2 is 1.25 bits per heavy atom. The third-order valence-electron chi connectivity index (χ3n) is 2.61. The van der Waals surface area contributed by atoms with E-state index in [-0.39, 0.29) is 15.8 Å². The van der Waals surface area contributed by atoms with Gasteiger partial charge < -0.3 is 0 Å². The van der Waals surface area contributed by atoms with E-state index in [0.29, 0.717) is 0 Å². The number of hydrogen-bond acceptors (Lipinski definition) is 0. The van der Waals surface area contributed by atoms with Gasteiger partial charge in [-0.3, -0.25) is 0 Å². The van der Waals surface area contributed by atoms with E-state index in [2.05, 4.69) is 60.7 Å². The van der Waals surface area contributed by atoms with Crippen molar-refractivity contribution < 1.29 is 0 Å². The molecule has 1 unspecified atom stereocenters. The third-order valence-corrected chi connectivity index (χ3v) is 5.25. The molecule has 82 valence electrons. The molecule has 2 rings (SSSR count). The molecule has 0 nitrogen and oxygen atoms in total. The monoisotopic (exact) mass is 272 g/mol. The van der Waals surface area contributed by atoms with Gasteiger partial charge in [-0.05, 0) is 0 Å². The molecule has 0 spiro atoms. The molecular weight excluding hydrogens is 255 g/mol. The summed E-state index contributed by atoms with van der Waals surface area (Å²) in [7, 11) is 0. The van der Waals surface area contributed by atoms with Crippen LogP contribution in [0.4, 0.5) is 0 Å². The molecule has 0 fully saturated rings. The summed E-state index contributed by atoms with van der Waals surface area (Å²) >= 11 is 0.190. The average Bonchev–Trinajstić information content (AvgIpc) is 2.37. The molecule has 0 heterocycles. The van der Waals surface area contributed by atoms with E-state index < -0.39 is 0 Å². The van der Waals surface area contributed by atoms with Gasteiger partial charge in [0.05, 0.1) is 0 Å². The minimum absolute atomic E-state index is 0.190. The Labute approximate surface area is 104 Å². The van der Waals surface area contributed by atoms with Crippen molar-refractivity contribution >= 4 is 15.8 Å². The molecule has 0 aliphatic rings. The molecule has 0 aromatic heterocycles. The third kappa shape index (κ3) is 3.87. The summed E-state index contributed by atoms with van der Waals surface area (Å²) in [6.45, 7) is 0. The van der Waals surface area contributed by atoms with Gasteiger partial charge >= 0.3 is 104 Å². The molecule has 0 aliphatic carbocycles. The predicted molar refractivity (Wildman–Crippen MR) is 72.2 cm³/mol. The molecular formula is C15H17As. The normalized spacial score (nSPS) is 11.0. The van der Waals surface area contributed by atoms with Crippen molar-refractivity contribution in [1.29, 1.82) is 0 Å². The Bertz CT molecular complexity index is 353. The van der Waals surface area contributed by atoms with Gasteiger partial charge in [-0.25, -0.2) is 0 Å². The first-order valence-corrected chi connectivity index (χ1v) is 8.70. The summed E-state index contributed by atoms with van der Waals surface area (Å²) in [5.74, 6) is 0. The van der Waals surface area contributed by atoms with Gasteiger partial charge in [0, 0.05) is 0 Å². The first kappa shape index (κ1) is 11.5. The zero-order valence-corrected chi connectivity index (χ0v) is 11.5. The van der Waals surface area contributed by atoms with Crippen molar-refractivity contribution in [3.05, 3.63) is 71.8 Å². The maximum absolute atomic E-state index is 2.24. The van der Waals surface area contributed by atoms with Crippen LogP contribution in [0.25, 0.3) is 0 Å². The van der Waals surface area contributed by atoms with Crippen molar-refractivity contribution in [3.63, 3.8) is 0 Å². The van der Waals surface area contributed by atoms with Crippen LogP contribution in [0.15, 0.2) is 60.7 Å². The minimum atomic E-state index is 0.190. The second-order valence-electron chi connectivity index (χ2n) is 3.90. The van der Waals surface area contributed by atoms with Gasteiger partial charge in [-0.2, -0.15) is 0 Å². The Balaban J connectivity index is 1.70. The van der Waals surface area contributed by atoms with Crippen LogP contribution in [0.2, 0.25) is 5.21 Å². The van der Waals surface area contributed by atoms with E-state index in [0.717, 1.165) is 0 Å². The van der Waals surface area contributed by atoms with Crippen molar-refractivity contribution in [3.8, 4) is 0 Å². The first-order valence-electron chi connectivity index (χ1n) is 5.74. The second kappa shape index (κ2) is 6.55. The average molecular weight is 272 g/mol. The van der Waals surface area contributed by atoms with Crippen LogP contribution in [0, 0.1) is 0 Å². The molecule has 16 heavy (non-hydrogen) atoms. The van der Waals surface area contributed by atoms with E-state index in [4.69, 9.17) is 0 Å². The molecule has 0 aliphatic heterocycles. The molecule has 2 aromatic rings. The van der Waals surface area contributed by atoms with Gasteiger partial charge in [-0.15, -0.1) is 0 Å². The molecule has 0 N–H and O–H groups in total. The summed E-state index contributed by atoms with van der Waals surface area (Å²) < 4.78 is 0. The molecule has 0 bridgehead atoms. The van der Waals surface area contributed by atoms with Crippen LogP contribution in [0.1, 0.15) is 11.1 Å². The van der Waals surface area contributed by atoms with E-state index >= 15 is 0 Å². The fourth-order valence-corrected chi connectivity index (χ4v) is 4.15. The standard InChI is InChI=1S/C15H17As/c1-3-7-14(8-4-1)11-12-16-13-15-9-5-2-6-10-15/h1-10,16H,11-13H2. The van der Waals surface area contributed by atoms with Crippen LogP contribution < -0.4 is 0 Å². The zero-order chi connectivity index (χ0) is 11.1.